The first kappa shape index (κ1) is 16.9. The second kappa shape index (κ2) is 6.54. The molecule has 1 N–H and O–H groups in total. The summed E-state index contributed by atoms with van der Waals surface area (Å²) in [4.78, 5) is 12.7. The molecule has 0 saturated heterocycles. The third kappa shape index (κ3) is 3.17. The van der Waals surface area contributed by atoms with E-state index in [1.165, 1.54) is 35.3 Å². The molecular formula is C16H18N2O4S2. The van der Waals surface area contributed by atoms with Crippen molar-refractivity contribution in [2.24, 2.45) is 0 Å². The molecule has 0 fully saturated rings. The van der Waals surface area contributed by atoms with Crippen LogP contribution in [0.3, 0.4) is 0 Å². The van der Waals surface area contributed by atoms with E-state index in [1.54, 1.807) is 17.4 Å². The number of hydrogen-bond acceptors (Lipinski definition) is 5. The minimum atomic E-state index is -3.63. The number of ether oxygens (including phenoxy) is 1. The first-order valence-corrected chi connectivity index (χ1v) is 9.75. The number of nitrogens with one attached hydrogen (secondary N) is 1. The first-order valence-electron chi connectivity index (χ1n) is 7.43. The highest BCUT2D eigenvalue weighted by molar-refractivity contribution is 7.89. The van der Waals surface area contributed by atoms with E-state index in [0.29, 0.717) is 24.5 Å². The van der Waals surface area contributed by atoms with Gasteiger partial charge in [0.1, 0.15) is 5.75 Å². The van der Waals surface area contributed by atoms with E-state index in [1.807, 2.05) is 11.4 Å². The maximum absolute atomic E-state index is 12.9. The van der Waals surface area contributed by atoms with Crippen LogP contribution in [0.2, 0.25) is 0 Å². The van der Waals surface area contributed by atoms with Gasteiger partial charge >= 0.3 is 0 Å². The van der Waals surface area contributed by atoms with E-state index in [9.17, 15) is 13.2 Å². The van der Waals surface area contributed by atoms with Crippen LogP contribution in [0, 0.1) is 0 Å². The van der Waals surface area contributed by atoms with Crippen LogP contribution in [0.15, 0.2) is 34.5 Å². The highest BCUT2D eigenvalue weighted by atomic mass is 32.2. The van der Waals surface area contributed by atoms with Gasteiger partial charge in [-0.25, -0.2) is 8.42 Å². The molecular weight excluding hydrogens is 348 g/mol. The summed E-state index contributed by atoms with van der Waals surface area (Å²) >= 11 is 1.66. The summed E-state index contributed by atoms with van der Waals surface area (Å²) in [7, 11) is -2.17. The van der Waals surface area contributed by atoms with Crippen LogP contribution in [0.4, 0.5) is 5.69 Å². The molecule has 1 aromatic carbocycles. The number of thiophene rings is 1. The molecule has 1 aliphatic rings. The number of benzene rings is 1. The molecule has 1 aromatic heterocycles. The van der Waals surface area contributed by atoms with Crippen molar-refractivity contribution in [2.75, 3.05) is 19.0 Å². The molecule has 0 spiro atoms. The summed E-state index contributed by atoms with van der Waals surface area (Å²) in [5, 5.41) is 4.60. The average molecular weight is 366 g/mol. The Morgan fingerprint density at radius 2 is 2.12 bits per heavy atom. The minimum Gasteiger partial charge on any atom is -0.495 e. The van der Waals surface area contributed by atoms with Gasteiger partial charge in [-0.05, 0) is 41.6 Å². The topological polar surface area (TPSA) is 75.7 Å². The largest absolute Gasteiger partial charge is 0.495 e. The molecule has 24 heavy (non-hydrogen) atoms. The molecule has 128 valence electrons. The number of methoxy groups -OCH3 is 1. The molecule has 1 aliphatic heterocycles. The zero-order chi connectivity index (χ0) is 17.3. The van der Waals surface area contributed by atoms with Gasteiger partial charge in [0.25, 0.3) is 0 Å². The number of nitrogens with zero attached hydrogens (tertiary/aromatic N) is 1. The van der Waals surface area contributed by atoms with Gasteiger partial charge in [0.15, 0.2) is 0 Å². The van der Waals surface area contributed by atoms with Crippen molar-refractivity contribution in [3.05, 3.63) is 40.1 Å². The number of anilines is 1. The Morgan fingerprint density at radius 1 is 1.33 bits per heavy atom. The fourth-order valence-corrected chi connectivity index (χ4v) is 5.05. The highest BCUT2D eigenvalue weighted by Gasteiger charge is 2.29. The number of carbonyl (C=O) groups is 1. The van der Waals surface area contributed by atoms with Crippen LogP contribution >= 0.6 is 11.3 Å². The number of sulfonamides is 1. The Balaban J connectivity index is 1.94. The number of hydrogen-bond donors (Lipinski definition) is 1. The first-order chi connectivity index (χ1) is 11.4. The second-order valence-corrected chi connectivity index (χ2v) is 8.44. The van der Waals surface area contributed by atoms with E-state index in [2.05, 4.69) is 5.32 Å². The molecule has 3 rings (SSSR count). The number of rotatable bonds is 4. The van der Waals surface area contributed by atoms with Crippen molar-refractivity contribution in [2.45, 2.75) is 24.8 Å². The molecule has 1 amide bonds. The van der Waals surface area contributed by atoms with Crippen molar-refractivity contribution in [3.8, 4) is 5.75 Å². The van der Waals surface area contributed by atoms with Gasteiger partial charge in [-0.15, -0.1) is 11.3 Å². The molecule has 0 saturated carbocycles. The van der Waals surface area contributed by atoms with E-state index < -0.39 is 10.0 Å². The molecule has 8 heteroatoms. The molecule has 0 atom stereocenters. The third-order valence-electron chi connectivity index (χ3n) is 3.89. The van der Waals surface area contributed by atoms with Crippen LogP contribution in [-0.2, 0) is 27.8 Å². The van der Waals surface area contributed by atoms with E-state index in [0.717, 1.165) is 12.0 Å². The van der Waals surface area contributed by atoms with Crippen LogP contribution in [0.1, 0.15) is 17.4 Å². The van der Waals surface area contributed by atoms with Gasteiger partial charge in [0.05, 0.1) is 17.7 Å². The van der Waals surface area contributed by atoms with E-state index in [-0.39, 0.29) is 10.8 Å². The number of fused-ring (bicyclic) bond motifs is 1. The molecule has 2 aromatic rings. The molecule has 0 bridgehead atoms. The zero-order valence-electron chi connectivity index (χ0n) is 13.4. The third-order valence-corrected chi connectivity index (χ3v) is 6.76. The fraction of sp³-hybridized carbons (Fsp3) is 0.312. The second-order valence-electron chi connectivity index (χ2n) is 5.50. The quantitative estimate of drug-likeness (QED) is 0.902. The van der Waals surface area contributed by atoms with Gasteiger partial charge in [-0.3, -0.25) is 4.79 Å². The summed E-state index contributed by atoms with van der Waals surface area (Å²) in [5.41, 5.74) is 1.41. The predicted molar refractivity (Wildman–Crippen MR) is 92.9 cm³/mol. The van der Waals surface area contributed by atoms with E-state index in [4.69, 9.17) is 4.74 Å². The van der Waals surface area contributed by atoms with Crippen LogP contribution < -0.4 is 10.1 Å². The zero-order valence-corrected chi connectivity index (χ0v) is 15.0. The molecule has 2 heterocycles. The van der Waals surface area contributed by atoms with E-state index >= 15 is 0 Å². The Kier molecular flexibility index (Phi) is 4.62. The van der Waals surface area contributed by atoms with Gasteiger partial charge < -0.3 is 10.1 Å². The smallest absolute Gasteiger partial charge is 0.243 e. The van der Waals surface area contributed by atoms with Gasteiger partial charge in [-0.2, -0.15) is 4.31 Å². The van der Waals surface area contributed by atoms with Gasteiger partial charge in [0, 0.05) is 24.9 Å². The lowest BCUT2D eigenvalue weighted by molar-refractivity contribution is -0.114. The van der Waals surface area contributed by atoms with Crippen LogP contribution in [-0.4, -0.2) is 32.3 Å². The monoisotopic (exact) mass is 366 g/mol. The Hall–Kier alpha value is -1.90. The Labute approximate surface area is 145 Å². The fourth-order valence-electron chi connectivity index (χ4n) is 2.71. The average Bonchev–Trinajstić information content (AvgIpc) is 3.01. The summed E-state index contributed by atoms with van der Waals surface area (Å²) in [6.07, 6.45) is 0.723. The maximum Gasteiger partial charge on any atom is 0.243 e. The van der Waals surface area contributed by atoms with Crippen molar-refractivity contribution < 1.29 is 17.9 Å². The van der Waals surface area contributed by atoms with Gasteiger partial charge in [-0.1, -0.05) is 0 Å². The molecule has 0 aliphatic carbocycles. The standard InChI is InChI=1S/C16H18N2O4S2/c1-11(19)17-14-9-13(3-4-15(14)22-2)24(20,21)18-7-5-16-12(10-18)6-8-23-16/h3-4,6,8-9H,5,7,10H2,1-2H3,(H,17,19). The molecule has 0 unspecified atom stereocenters. The lowest BCUT2D eigenvalue weighted by Crippen LogP contribution is -2.35. The van der Waals surface area contributed by atoms with Crippen molar-refractivity contribution in [1.82, 2.24) is 4.31 Å². The number of amides is 1. The number of carbonyl (C=O) groups excluding carboxylic acids is 1. The summed E-state index contributed by atoms with van der Waals surface area (Å²) in [6, 6.07) is 6.47. The molecule has 0 radical (unpaired) electrons. The SMILES string of the molecule is COc1ccc(S(=O)(=O)N2CCc3sccc3C2)cc1NC(C)=O. The Morgan fingerprint density at radius 3 is 2.83 bits per heavy atom. The lowest BCUT2D eigenvalue weighted by atomic mass is 10.1. The summed E-state index contributed by atoms with van der Waals surface area (Å²) < 4.78 is 32.5. The van der Waals surface area contributed by atoms with Crippen molar-refractivity contribution >= 4 is 33.0 Å². The normalized spacial score (nSPS) is 14.9. The predicted octanol–water partition coefficient (Wildman–Crippen LogP) is 2.46. The minimum absolute atomic E-state index is 0.144. The Bertz CT molecular complexity index is 874. The van der Waals surface area contributed by atoms with Crippen LogP contribution in [0.25, 0.3) is 0 Å². The van der Waals surface area contributed by atoms with Crippen molar-refractivity contribution in [3.63, 3.8) is 0 Å². The lowest BCUT2D eigenvalue weighted by Gasteiger charge is -2.26. The molecule has 6 nitrogen and oxygen atoms in total. The summed E-state index contributed by atoms with van der Waals surface area (Å²) in [5.74, 6) is 0.131. The van der Waals surface area contributed by atoms with Gasteiger partial charge in [0.2, 0.25) is 15.9 Å². The van der Waals surface area contributed by atoms with Crippen LogP contribution in [0.5, 0.6) is 5.75 Å². The highest BCUT2D eigenvalue weighted by Crippen LogP contribution is 2.32. The summed E-state index contributed by atoms with van der Waals surface area (Å²) in [6.45, 7) is 2.20. The van der Waals surface area contributed by atoms with Crippen molar-refractivity contribution in [1.29, 1.82) is 0 Å². The maximum atomic E-state index is 12.9.